The van der Waals surface area contributed by atoms with E-state index >= 15 is 0 Å². The van der Waals surface area contributed by atoms with Crippen molar-refractivity contribution in [3.8, 4) is 0 Å². The Morgan fingerprint density at radius 2 is 1.90 bits per heavy atom. The van der Waals surface area contributed by atoms with Gasteiger partial charge < -0.3 is 10.6 Å². The molecule has 1 unspecified atom stereocenters. The number of halogens is 5. The van der Waals surface area contributed by atoms with Crippen LogP contribution in [0.25, 0.3) is 0 Å². The topological polar surface area (TPSA) is 64.2 Å². The SMILES string of the molecule is NC(=O)C(Cc1ccc(F)cc1Cl)c1cnn(CCN2CCCCC2)c1C(F)(F)F. The number of hydrogen-bond donors (Lipinski definition) is 1. The molecule has 164 valence electrons. The molecule has 10 heteroatoms. The summed E-state index contributed by atoms with van der Waals surface area (Å²) in [6, 6.07) is 3.51. The summed E-state index contributed by atoms with van der Waals surface area (Å²) in [5.41, 5.74) is 4.49. The lowest BCUT2D eigenvalue weighted by Gasteiger charge is -2.26. The fourth-order valence-corrected chi connectivity index (χ4v) is 4.07. The van der Waals surface area contributed by atoms with Crippen molar-refractivity contribution in [1.82, 2.24) is 14.7 Å². The van der Waals surface area contributed by atoms with Crippen molar-refractivity contribution >= 4 is 17.5 Å². The van der Waals surface area contributed by atoms with Crippen LogP contribution in [0.5, 0.6) is 0 Å². The van der Waals surface area contributed by atoms with Crippen LogP contribution in [0.4, 0.5) is 17.6 Å². The molecule has 30 heavy (non-hydrogen) atoms. The number of aromatic nitrogens is 2. The van der Waals surface area contributed by atoms with Gasteiger partial charge in [-0.25, -0.2) is 4.39 Å². The first kappa shape index (κ1) is 22.6. The van der Waals surface area contributed by atoms with Crippen LogP contribution in [0.3, 0.4) is 0 Å². The van der Waals surface area contributed by atoms with E-state index in [2.05, 4.69) is 10.00 Å². The molecule has 3 rings (SSSR count). The molecule has 0 radical (unpaired) electrons. The first-order valence-corrected chi connectivity index (χ1v) is 10.1. The number of nitrogens with zero attached hydrogens (tertiary/aromatic N) is 3. The van der Waals surface area contributed by atoms with Crippen molar-refractivity contribution in [1.29, 1.82) is 0 Å². The molecule has 2 heterocycles. The maximum Gasteiger partial charge on any atom is 0.433 e. The van der Waals surface area contributed by atoms with E-state index in [4.69, 9.17) is 17.3 Å². The fraction of sp³-hybridized carbons (Fsp3) is 0.500. The normalized spacial score (nSPS) is 16.6. The van der Waals surface area contributed by atoms with Crippen molar-refractivity contribution in [2.75, 3.05) is 19.6 Å². The Bertz CT molecular complexity index is 893. The number of carbonyl (C=O) groups is 1. The molecule has 1 atom stereocenters. The van der Waals surface area contributed by atoms with Gasteiger partial charge in [0, 0.05) is 17.1 Å². The van der Waals surface area contributed by atoms with Gasteiger partial charge in [-0.3, -0.25) is 9.48 Å². The molecule has 0 spiro atoms. The summed E-state index contributed by atoms with van der Waals surface area (Å²) < 4.78 is 55.9. The van der Waals surface area contributed by atoms with Crippen LogP contribution in [0, 0.1) is 5.82 Å². The average Bonchev–Trinajstić information content (AvgIpc) is 3.10. The minimum absolute atomic E-state index is 0.0206. The second-order valence-electron chi connectivity index (χ2n) is 7.47. The number of alkyl halides is 3. The number of hydrogen-bond acceptors (Lipinski definition) is 3. The highest BCUT2D eigenvalue weighted by atomic mass is 35.5. The summed E-state index contributed by atoms with van der Waals surface area (Å²) in [5.74, 6) is -2.81. The van der Waals surface area contributed by atoms with E-state index in [1.54, 1.807) is 0 Å². The van der Waals surface area contributed by atoms with E-state index in [9.17, 15) is 22.4 Å². The summed E-state index contributed by atoms with van der Waals surface area (Å²) in [5, 5.41) is 3.94. The summed E-state index contributed by atoms with van der Waals surface area (Å²) in [4.78, 5) is 14.2. The minimum atomic E-state index is -4.71. The highest BCUT2D eigenvalue weighted by molar-refractivity contribution is 6.31. The van der Waals surface area contributed by atoms with Crippen molar-refractivity contribution in [3.63, 3.8) is 0 Å². The van der Waals surface area contributed by atoms with Crippen LogP contribution < -0.4 is 5.73 Å². The molecular formula is C20H23ClF4N4O. The quantitative estimate of drug-likeness (QED) is 0.654. The molecule has 5 nitrogen and oxygen atoms in total. The predicted molar refractivity (Wildman–Crippen MR) is 105 cm³/mol. The lowest BCUT2D eigenvalue weighted by molar-refractivity contribution is -0.145. The predicted octanol–water partition coefficient (Wildman–Crippen LogP) is 3.99. The third-order valence-electron chi connectivity index (χ3n) is 5.37. The van der Waals surface area contributed by atoms with Gasteiger partial charge in [0.2, 0.25) is 5.91 Å². The Balaban J connectivity index is 1.89. The monoisotopic (exact) mass is 446 g/mol. The Labute approximate surface area is 176 Å². The van der Waals surface area contributed by atoms with Crippen LogP contribution in [-0.2, 0) is 23.9 Å². The Hall–Kier alpha value is -2.13. The highest BCUT2D eigenvalue weighted by Gasteiger charge is 2.41. The Morgan fingerprint density at radius 3 is 2.50 bits per heavy atom. The highest BCUT2D eigenvalue weighted by Crippen LogP contribution is 2.37. The summed E-state index contributed by atoms with van der Waals surface area (Å²) >= 11 is 6.00. The molecule has 0 bridgehead atoms. The van der Waals surface area contributed by atoms with Gasteiger partial charge in [0.05, 0.1) is 18.7 Å². The average molecular weight is 447 g/mol. The third-order valence-corrected chi connectivity index (χ3v) is 5.72. The van der Waals surface area contributed by atoms with Crippen LogP contribution in [0.2, 0.25) is 5.02 Å². The zero-order valence-electron chi connectivity index (χ0n) is 16.3. The van der Waals surface area contributed by atoms with Crippen LogP contribution in [-0.4, -0.2) is 40.2 Å². The number of primary amides is 1. The van der Waals surface area contributed by atoms with Crippen LogP contribution in [0.15, 0.2) is 24.4 Å². The van der Waals surface area contributed by atoms with Gasteiger partial charge in [-0.15, -0.1) is 0 Å². The van der Waals surface area contributed by atoms with E-state index < -0.39 is 29.5 Å². The molecular weight excluding hydrogens is 424 g/mol. The largest absolute Gasteiger partial charge is 0.433 e. The molecule has 1 aliphatic heterocycles. The first-order chi connectivity index (χ1) is 14.2. The lowest BCUT2D eigenvalue weighted by atomic mass is 9.91. The van der Waals surface area contributed by atoms with E-state index in [0.29, 0.717) is 12.1 Å². The summed E-state index contributed by atoms with van der Waals surface area (Å²) in [6.45, 7) is 2.19. The van der Waals surface area contributed by atoms with Crippen molar-refractivity contribution in [3.05, 3.63) is 52.1 Å². The molecule has 2 N–H and O–H groups in total. The van der Waals surface area contributed by atoms with Gasteiger partial charge in [-0.05, 0) is 50.0 Å². The summed E-state index contributed by atoms with van der Waals surface area (Å²) in [6.07, 6.45) is -0.672. The second kappa shape index (κ2) is 9.34. The van der Waals surface area contributed by atoms with Crippen LogP contribution in [0.1, 0.15) is 42.0 Å². The molecule has 1 fully saturated rings. The van der Waals surface area contributed by atoms with Crippen molar-refractivity contribution < 1.29 is 22.4 Å². The Morgan fingerprint density at radius 1 is 1.20 bits per heavy atom. The number of likely N-dealkylation sites (tertiary alicyclic amines) is 1. The molecule has 0 saturated carbocycles. The number of nitrogens with two attached hydrogens (primary N) is 1. The molecule has 1 aliphatic rings. The zero-order chi connectivity index (χ0) is 21.9. The van der Waals surface area contributed by atoms with Gasteiger partial charge in [0.1, 0.15) is 11.5 Å². The molecule has 1 aromatic carbocycles. The van der Waals surface area contributed by atoms with Gasteiger partial charge in [0.15, 0.2) is 0 Å². The molecule has 1 saturated heterocycles. The van der Waals surface area contributed by atoms with Crippen LogP contribution >= 0.6 is 11.6 Å². The molecule has 1 aromatic heterocycles. The van der Waals surface area contributed by atoms with Gasteiger partial charge in [-0.1, -0.05) is 24.1 Å². The maximum absolute atomic E-state index is 13.9. The second-order valence-corrected chi connectivity index (χ2v) is 7.87. The molecule has 0 aliphatic carbocycles. The van der Waals surface area contributed by atoms with Gasteiger partial charge >= 0.3 is 6.18 Å². The third kappa shape index (κ3) is 5.31. The number of benzene rings is 1. The number of amides is 1. The number of rotatable bonds is 7. The molecule has 1 amide bonds. The fourth-order valence-electron chi connectivity index (χ4n) is 3.82. The minimum Gasteiger partial charge on any atom is -0.369 e. The summed E-state index contributed by atoms with van der Waals surface area (Å²) in [7, 11) is 0. The zero-order valence-corrected chi connectivity index (χ0v) is 17.0. The van der Waals surface area contributed by atoms with E-state index in [1.807, 2.05) is 0 Å². The van der Waals surface area contributed by atoms with Crippen molar-refractivity contribution in [2.45, 2.75) is 44.3 Å². The maximum atomic E-state index is 13.9. The van der Waals surface area contributed by atoms with Gasteiger partial charge in [0.25, 0.3) is 0 Å². The Kier molecular flexibility index (Phi) is 7.02. The molecule has 2 aromatic rings. The smallest absolute Gasteiger partial charge is 0.369 e. The van der Waals surface area contributed by atoms with E-state index in [0.717, 1.165) is 55.4 Å². The standard InChI is InChI=1S/C20H23ClF4N4O/c21-17-11-14(22)5-4-13(17)10-15(19(26)30)16-12-27-29(18(16)20(23,24)25)9-8-28-6-2-1-3-7-28/h4-5,11-12,15H,1-3,6-10H2,(H2,26,30). The van der Waals surface area contributed by atoms with E-state index in [1.165, 1.54) is 6.07 Å². The van der Waals surface area contributed by atoms with Crippen molar-refractivity contribution in [2.24, 2.45) is 5.73 Å². The lowest BCUT2D eigenvalue weighted by Crippen LogP contribution is -2.33. The van der Waals surface area contributed by atoms with E-state index in [-0.39, 0.29) is 23.6 Å². The van der Waals surface area contributed by atoms with Gasteiger partial charge in [-0.2, -0.15) is 18.3 Å². The number of piperidine rings is 1. The number of carbonyl (C=O) groups excluding carboxylic acids is 1. The first-order valence-electron chi connectivity index (χ1n) is 9.75.